The Morgan fingerprint density at radius 3 is 2.48 bits per heavy atom. The van der Waals surface area contributed by atoms with Crippen LogP contribution in [0.15, 0.2) is 48.5 Å². The van der Waals surface area contributed by atoms with Gasteiger partial charge in [-0.3, -0.25) is 4.79 Å². The van der Waals surface area contributed by atoms with Crippen LogP contribution >= 0.6 is 22.6 Å². The van der Waals surface area contributed by atoms with Crippen LogP contribution in [-0.4, -0.2) is 22.7 Å². The van der Waals surface area contributed by atoms with Crippen molar-refractivity contribution in [3.63, 3.8) is 0 Å². The van der Waals surface area contributed by atoms with Crippen molar-refractivity contribution >= 4 is 28.5 Å². The Kier molecular flexibility index (Phi) is 4.84. The SMILES string of the molecule is CC(CO)(NC(=O)c1ccc(I)c(O)c1)c1ccccc1. The van der Waals surface area contributed by atoms with E-state index < -0.39 is 5.54 Å². The van der Waals surface area contributed by atoms with Gasteiger partial charge in [0.25, 0.3) is 5.91 Å². The molecule has 0 bridgehead atoms. The van der Waals surface area contributed by atoms with Gasteiger partial charge in [0, 0.05) is 5.56 Å². The molecule has 0 heterocycles. The number of hydrogen-bond acceptors (Lipinski definition) is 3. The monoisotopic (exact) mass is 397 g/mol. The summed E-state index contributed by atoms with van der Waals surface area (Å²) in [5.74, 6) is -0.282. The van der Waals surface area contributed by atoms with Crippen molar-refractivity contribution in [2.75, 3.05) is 6.61 Å². The number of aromatic hydroxyl groups is 1. The van der Waals surface area contributed by atoms with E-state index in [0.717, 1.165) is 5.56 Å². The summed E-state index contributed by atoms with van der Waals surface area (Å²) in [6.07, 6.45) is 0. The molecule has 0 spiro atoms. The molecular formula is C16H16INO3. The summed E-state index contributed by atoms with van der Waals surface area (Å²) in [4.78, 5) is 12.3. The molecule has 3 N–H and O–H groups in total. The second-order valence-corrected chi connectivity index (χ2v) is 6.14. The molecule has 1 amide bonds. The molecular weight excluding hydrogens is 381 g/mol. The highest BCUT2D eigenvalue weighted by molar-refractivity contribution is 14.1. The number of nitrogens with one attached hydrogen (secondary N) is 1. The van der Waals surface area contributed by atoms with Crippen LogP contribution in [0.4, 0.5) is 0 Å². The minimum atomic E-state index is -0.878. The molecule has 2 aromatic carbocycles. The predicted molar refractivity (Wildman–Crippen MR) is 89.2 cm³/mol. The van der Waals surface area contributed by atoms with E-state index >= 15 is 0 Å². The van der Waals surface area contributed by atoms with Crippen LogP contribution in [0.5, 0.6) is 5.75 Å². The fourth-order valence-electron chi connectivity index (χ4n) is 1.99. The first kappa shape index (κ1) is 15.8. The molecule has 1 atom stereocenters. The van der Waals surface area contributed by atoms with Crippen LogP contribution in [0.1, 0.15) is 22.8 Å². The molecule has 0 radical (unpaired) electrons. The zero-order valence-electron chi connectivity index (χ0n) is 11.5. The Morgan fingerprint density at radius 1 is 1.24 bits per heavy atom. The third kappa shape index (κ3) is 3.54. The summed E-state index contributed by atoms with van der Waals surface area (Å²) in [6.45, 7) is 1.53. The van der Waals surface area contributed by atoms with Crippen molar-refractivity contribution < 1.29 is 15.0 Å². The number of hydrogen-bond donors (Lipinski definition) is 3. The minimum Gasteiger partial charge on any atom is -0.507 e. The smallest absolute Gasteiger partial charge is 0.252 e. The van der Waals surface area contributed by atoms with Gasteiger partial charge in [-0.2, -0.15) is 0 Å². The van der Waals surface area contributed by atoms with Crippen molar-refractivity contribution in [2.24, 2.45) is 0 Å². The van der Waals surface area contributed by atoms with E-state index in [2.05, 4.69) is 5.32 Å². The Morgan fingerprint density at radius 2 is 1.90 bits per heavy atom. The molecule has 0 saturated carbocycles. The first-order valence-electron chi connectivity index (χ1n) is 6.44. The number of phenolic OH excluding ortho intramolecular Hbond substituents is 1. The summed E-state index contributed by atoms with van der Waals surface area (Å²) in [6, 6.07) is 14.0. The quantitative estimate of drug-likeness (QED) is 0.695. The molecule has 21 heavy (non-hydrogen) atoms. The Labute approximate surface area is 137 Å². The van der Waals surface area contributed by atoms with Gasteiger partial charge in [-0.05, 0) is 53.3 Å². The highest BCUT2D eigenvalue weighted by Crippen LogP contribution is 2.23. The number of halogens is 1. The van der Waals surface area contributed by atoms with Crippen LogP contribution in [0.2, 0.25) is 0 Å². The van der Waals surface area contributed by atoms with Crippen LogP contribution in [0, 0.1) is 3.57 Å². The highest BCUT2D eigenvalue weighted by atomic mass is 127. The fourth-order valence-corrected chi connectivity index (χ4v) is 2.32. The number of amides is 1. The highest BCUT2D eigenvalue weighted by Gasteiger charge is 2.28. The number of carbonyl (C=O) groups is 1. The van der Waals surface area contributed by atoms with Gasteiger partial charge in [0.05, 0.1) is 15.7 Å². The molecule has 1 unspecified atom stereocenters. The second-order valence-electron chi connectivity index (χ2n) is 4.98. The summed E-state index contributed by atoms with van der Waals surface area (Å²) >= 11 is 1.99. The van der Waals surface area contributed by atoms with Gasteiger partial charge in [-0.25, -0.2) is 0 Å². The second kappa shape index (κ2) is 6.44. The van der Waals surface area contributed by atoms with E-state index in [0.29, 0.717) is 9.13 Å². The Balaban J connectivity index is 2.26. The number of carbonyl (C=O) groups excluding carboxylic acids is 1. The Bertz CT molecular complexity index is 645. The number of aliphatic hydroxyl groups excluding tert-OH is 1. The van der Waals surface area contributed by atoms with Gasteiger partial charge in [-0.15, -0.1) is 0 Å². The van der Waals surface area contributed by atoms with Crippen molar-refractivity contribution in [1.29, 1.82) is 0 Å². The molecule has 0 fully saturated rings. The summed E-state index contributed by atoms with van der Waals surface area (Å²) < 4.78 is 0.678. The molecule has 4 nitrogen and oxygen atoms in total. The Hall–Kier alpha value is -1.60. The fraction of sp³-hybridized carbons (Fsp3) is 0.188. The van der Waals surface area contributed by atoms with Crippen LogP contribution < -0.4 is 5.32 Å². The van der Waals surface area contributed by atoms with Crippen molar-refractivity contribution in [3.8, 4) is 5.75 Å². The maximum atomic E-state index is 12.3. The molecule has 0 aliphatic rings. The van der Waals surface area contributed by atoms with E-state index in [4.69, 9.17) is 0 Å². The predicted octanol–water partition coefficient (Wildman–Crippen LogP) is 2.63. The first-order chi connectivity index (χ1) is 9.96. The molecule has 5 heteroatoms. The zero-order chi connectivity index (χ0) is 15.5. The van der Waals surface area contributed by atoms with E-state index in [1.807, 2.05) is 52.9 Å². The van der Waals surface area contributed by atoms with Gasteiger partial charge in [0.15, 0.2) is 0 Å². The van der Waals surface area contributed by atoms with Crippen LogP contribution in [-0.2, 0) is 5.54 Å². The largest absolute Gasteiger partial charge is 0.507 e. The topological polar surface area (TPSA) is 69.6 Å². The normalized spacial score (nSPS) is 13.5. The van der Waals surface area contributed by atoms with Gasteiger partial charge in [0.1, 0.15) is 5.75 Å². The molecule has 0 aromatic heterocycles. The minimum absolute atomic E-state index is 0.0636. The van der Waals surface area contributed by atoms with Crippen LogP contribution in [0.3, 0.4) is 0 Å². The van der Waals surface area contributed by atoms with E-state index in [-0.39, 0.29) is 18.3 Å². The number of benzene rings is 2. The van der Waals surface area contributed by atoms with Crippen molar-refractivity contribution in [2.45, 2.75) is 12.5 Å². The average Bonchev–Trinajstić information content (AvgIpc) is 2.50. The summed E-state index contributed by atoms with van der Waals surface area (Å²) in [5, 5.41) is 22.2. The molecule has 0 aliphatic heterocycles. The van der Waals surface area contributed by atoms with E-state index in [1.54, 1.807) is 19.1 Å². The number of rotatable bonds is 4. The number of phenols is 1. The third-order valence-electron chi connectivity index (χ3n) is 3.32. The lowest BCUT2D eigenvalue weighted by Crippen LogP contribution is -2.46. The molecule has 2 aromatic rings. The summed E-state index contributed by atoms with van der Waals surface area (Å²) in [5.41, 5.74) is 0.288. The van der Waals surface area contributed by atoms with Crippen molar-refractivity contribution in [1.82, 2.24) is 5.32 Å². The molecule has 0 aliphatic carbocycles. The van der Waals surface area contributed by atoms with Gasteiger partial charge in [0.2, 0.25) is 0 Å². The molecule has 110 valence electrons. The van der Waals surface area contributed by atoms with Crippen LogP contribution in [0.25, 0.3) is 0 Å². The first-order valence-corrected chi connectivity index (χ1v) is 7.51. The lowest BCUT2D eigenvalue weighted by atomic mass is 9.92. The lowest BCUT2D eigenvalue weighted by Gasteiger charge is -2.29. The lowest BCUT2D eigenvalue weighted by molar-refractivity contribution is 0.0849. The van der Waals surface area contributed by atoms with E-state index in [1.165, 1.54) is 6.07 Å². The molecule has 0 saturated heterocycles. The van der Waals surface area contributed by atoms with E-state index in [9.17, 15) is 15.0 Å². The van der Waals surface area contributed by atoms with Gasteiger partial charge < -0.3 is 15.5 Å². The summed E-state index contributed by atoms with van der Waals surface area (Å²) in [7, 11) is 0. The van der Waals surface area contributed by atoms with Gasteiger partial charge >= 0.3 is 0 Å². The van der Waals surface area contributed by atoms with Gasteiger partial charge in [-0.1, -0.05) is 30.3 Å². The number of aliphatic hydroxyl groups is 1. The maximum absolute atomic E-state index is 12.3. The van der Waals surface area contributed by atoms with Crippen molar-refractivity contribution in [3.05, 3.63) is 63.2 Å². The maximum Gasteiger partial charge on any atom is 0.252 e. The molecule has 2 rings (SSSR count). The third-order valence-corrected chi connectivity index (χ3v) is 4.24. The zero-order valence-corrected chi connectivity index (χ0v) is 13.7. The average molecular weight is 397 g/mol. The standard InChI is InChI=1S/C16H16INO3/c1-16(10-19,12-5-3-2-4-6-12)18-15(21)11-7-8-13(17)14(20)9-11/h2-9,19-20H,10H2,1H3,(H,18,21).